The van der Waals surface area contributed by atoms with Gasteiger partial charge in [0.05, 0.1) is 0 Å². The lowest BCUT2D eigenvalue weighted by Crippen LogP contribution is -2.40. The Balaban J connectivity index is 3.13. The molecule has 0 saturated carbocycles. The summed E-state index contributed by atoms with van der Waals surface area (Å²) in [5, 5.41) is 0. The van der Waals surface area contributed by atoms with E-state index in [1.807, 2.05) is 0 Å². The number of aryl methyl sites for hydroxylation is 2. The van der Waals surface area contributed by atoms with Crippen molar-refractivity contribution in [1.29, 1.82) is 0 Å². The molecule has 74 valence electrons. The Morgan fingerprint density at radius 2 is 2.00 bits per heavy atom. The molecule has 13 heavy (non-hydrogen) atoms. The van der Waals surface area contributed by atoms with Crippen LogP contribution >= 0.6 is 0 Å². The van der Waals surface area contributed by atoms with Crippen LogP contribution in [0, 0.1) is 13.8 Å². The van der Waals surface area contributed by atoms with Crippen molar-refractivity contribution in [2.24, 2.45) is 5.73 Å². The fraction of sp³-hybridized carbons (Fsp3) is 0.556. The van der Waals surface area contributed by atoms with Crippen LogP contribution < -0.4 is 5.73 Å². The zero-order valence-electron chi connectivity index (χ0n) is 7.90. The fourth-order valence-corrected chi connectivity index (χ4v) is 1.28. The average molecular weight is 189 g/mol. The van der Waals surface area contributed by atoms with Crippen molar-refractivity contribution < 1.29 is 13.2 Å². The van der Waals surface area contributed by atoms with E-state index in [9.17, 15) is 8.78 Å². The molecule has 1 heterocycles. The Morgan fingerprint density at radius 3 is 2.31 bits per heavy atom. The minimum Gasteiger partial charge on any atom is -0.466 e. The van der Waals surface area contributed by atoms with Crippen LogP contribution in [-0.4, -0.2) is 6.43 Å². The highest BCUT2D eigenvalue weighted by Crippen LogP contribution is 2.29. The van der Waals surface area contributed by atoms with Gasteiger partial charge in [0, 0.05) is 5.56 Å². The van der Waals surface area contributed by atoms with E-state index in [-0.39, 0.29) is 0 Å². The van der Waals surface area contributed by atoms with Crippen molar-refractivity contribution in [1.82, 2.24) is 0 Å². The zero-order valence-corrected chi connectivity index (χ0v) is 7.90. The molecule has 0 saturated heterocycles. The van der Waals surface area contributed by atoms with Crippen LogP contribution in [-0.2, 0) is 5.54 Å². The Bertz CT molecular complexity index is 305. The maximum absolute atomic E-state index is 12.5. The quantitative estimate of drug-likeness (QED) is 0.775. The van der Waals surface area contributed by atoms with E-state index in [1.165, 1.54) is 6.92 Å². The molecule has 4 heteroatoms. The first kappa shape index (κ1) is 10.2. The predicted molar refractivity (Wildman–Crippen MR) is 45.7 cm³/mol. The van der Waals surface area contributed by atoms with Gasteiger partial charge >= 0.3 is 0 Å². The molecule has 0 aliphatic heterocycles. The third-order valence-electron chi connectivity index (χ3n) is 2.07. The van der Waals surface area contributed by atoms with Crippen LogP contribution in [0.3, 0.4) is 0 Å². The highest BCUT2D eigenvalue weighted by molar-refractivity contribution is 5.28. The molecule has 0 amide bonds. The van der Waals surface area contributed by atoms with Crippen molar-refractivity contribution in [2.45, 2.75) is 32.7 Å². The van der Waals surface area contributed by atoms with Crippen LogP contribution in [0.2, 0.25) is 0 Å². The topological polar surface area (TPSA) is 39.2 Å². The molecule has 1 unspecified atom stereocenters. The van der Waals surface area contributed by atoms with Crippen molar-refractivity contribution in [3.63, 3.8) is 0 Å². The van der Waals surface area contributed by atoms with Gasteiger partial charge in [-0.15, -0.1) is 0 Å². The predicted octanol–water partition coefficient (Wildman–Crippen LogP) is 2.34. The zero-order chi connectivity index (χ0) is 10.2. The molecule has 0 aromatic carbocycles. The van der Waals surface area contributed by atoms with E-state index in [0.717, 1.165) is 0 Å². The first-order chi connectivity index (χ1) is 5.85. The van der Waals surface area contributed by atoms with Crippen LogP contribution in [0.1, 0.15) is 24.0 Å². The Hall–Kier alpha value is -0.900. The molecule has 2 nitrogen and oxygen atoms in total. The molecule has 1 aromatic heterocycles. The van der Waals surface area contributed by atoms with Gasteiger partial charge in [-0.2, -0.15) is 0 Å². The number of nitrogens with two attached hydrogens (primary N) is 1. The molecule has 0 fully saturated rings. The highest BCUT2D eigenvalue weighted by Gasteiger charge is 2.35. The SMILES string of the molecule is Cc1cc(C(C)(N)C(F)F)c(C)o1. The summed E-state index contributed by atoms with van der Waals surface area (Å²) in [7, 11) is 0. The maximum atomic E-state index is 12.5. The van der Waals surface area contributed by atoms with Crippen molar-refractivity contribution in [2.75, 3.05) is 0 Å². The summed E-state index contributed by atoms with van der Waals surface area (Å²) in [5.74, 6) is 1.06. The number of alkyl halides is 2. The molecular formula is C9H13F2NO. The molecule has 1 rings (SSSR count). The Kier molecular flexibility index (Phi) is 2.43. The van der Waals surface area contributed by atoms with Gasteiger partial charge in [0.1, 0.15) is 17.1 Å². The van der Waals surface area contributed by atoms with Crippen LogP contribution in [0.5, 0.6) is 0 Å². The van der Waals surface area contributed by atoms with Gasteiger partial charge in [0.2, 0.25) is 0 Å². The van der Waals surface area contributed by atoms with Crippen molar-refractivity contribution >= 4 is 0 Å². The normalized spacial score (nSPS) is 16.2. The van der Waals surface area contributed by atoms with E-state index in [0.29, 0.717) is 17.1 Å². The second kappa shape index (κ2) is 3.10. The molecule has 0 spiro atoms. The summed E-state index contributed by atoms with van der Waals surface area (Å²) < 4.78 is 30.2. The largest absolute Gasteiger partial charge is 0.466 e. The number of hydrogen-bond acceptors (Lipinski definition) is 2. The first-order valence-electron chi connectivity index (χ1n) is 4.00. The second-order valence-electron chi connectivity index (χ2n) is 3.41. The number of rotatable bonds is 2. The summed E-state index contributed by atoms with van der Waals surface area (Å²) in [5.41, 5.74) is 4.24. The van der Waals surface area contributed by atoms with Gasteiger partial charge in [-0.1, -0.05) is 0 Å². The molecule has 0 aliphatic rings. The summed E-state index contributed by atoms with van der Waals surface area (Å²) >= 11 is 0. The average Bonchev–Trinajstić information content (AvgIpc) is 2.30. The lowest BCUT2D eigenvalue weighted by atomic mass is 9.94. The van der Waals surface area contributed by atoms with E-state index in [4.69, 9.17) is 10.2 Å². The third kappa shape index (κ3) is 1.72. The van der Waals surface area contributed by atoms with E-state index in [2.05, 4.69) is 0 Å². The van der Waals surface area contributed by atoms with Crippen molar-refractivity contribution in [3.8, 4) is 0 Å². The van der Waals surface area contributed by atoms with Gasteiger partial charge < -0.3 is 10.2 Å². The number of furan rings is 1. The van der Waals surface area contributed by atoms with Gasteiger partial charge in [-0.25, -0.2) is 8.78 Å². The first-order valence-corrected chi connectivity index (χ1v) is 4.00. The summed E-state index contributed by atoms with van der Waals surface area (Å²) in [6.07, 6.45) is -2.59. The lowest BCUT2D eigenvalue weighted by molar-refractivity contribution is 0.0617. The minimum absolute atomic E-state index is 0.375. The fourth-order valence-electron chi connectivity index (χ4n) is 1.28. The lowest BCUT2D eigenvalue weighted by Gasteiger charge is -2.22. The molecule has 2 N–H and O–H groups in total. The van der Waals surface area contributed by atoms with Gasteiger partial charge in [-0.05, 0) is 26.8 Å². The van der Waals surface area contributed by atoms with Gasteiger partial charge in [-0.3, -0.25) is 0 Å². The number of hydrogen-bond donors (Lipinski definition) is 1. The number of halogens is 2. The Morgan fingerprint density at radius 1 is 1.46 bits per heavy atom. The van der Waals surface area contributed by atoms with E-state index < -0.39 is 12.0 Å². The van der Waals surface area contributed by atoms with Gasteiger partial charge in [0.25, 0.3) is 6.43 Å². The van der Waals surface area contributed by atoms with E-state index >= 15 is 0 Å². The van der Waals surface area contributed by atoms with Crippen LogP contribution in [0.4, 0.5) is 8.78 Å². The summed E-state index contributed by atoms with van der Waals surface area (Å²) in [6, 6.07) is 1.56. The summed E-state index contributed by atoms with van der Waals surface area (Å²) in [6.45, 7) is 4.64. The smallest absolute Gasteiger partial charge is 0.260 e. The minimum atomic E-state index is -2.59. The maximum Gasteiger partial charge on any atom is 0.260 e. The third-order valence-corrected chi connectivity index (χ3v) is 2.07. The molecule has 1 aromatic rings. The van der Waals surface area contributed by atoms with Crippen LogP contribution in [0.25, 0.3) is 0 Å². The standard InChI is InChI=1S/C9H13F2NO/c1-5-4-7(6(2)13-5)9(3,12)8(10)11/h4,8H,12H2,1-3H3. The molecule has 1 atom stereocenters. The van der Waals surface area contributed by atoms with Crippen LogP contribution in [0.15, 0.2) is 10.5 Å². The molecular weight excluding hydrogens is 176 g/mol. The second-order valence-corrected chi connectivity index (χ2v) is 3.41. The highest BCUT2D eigenvalue weighted by atomic mass is 19.3. The molecule has 0 aliphatic carbocycles. The van der Waals surface area contributed by atoms with Crippen molar-refractivity contribution in [3.05, 3.63) is 23.2 Å². The Labute approximate surface area is 75.7 Å². The summed E-state index contributed by atoms with van der Waals surface area (Å²) in [4.78, 5) is 0. The molecule has 0 bridgehead atoms. The van der Waals surface area contributed by atoms with E-state index in [1.54, 1.807) is 19.9 Å². The van der Waals surface area contributed by atoms with Gasteiger partial charge in [0.15, 0.2) is 0 Å². The monoisotopic (exact) mass is 189 g/mol. The molecule has 0 radical (unpaired) electrons.